The highest BCUT2D eigenvalue weighted by molar-refractivity contribution is 6.68. The number of nitrogens with zero attached hydrogens (tertiary/aromatic N) is 1. The molecule has 0 bridgehead atoms. The molecule has 0 atom stereocenters. The van der Waals surface area contributed by atoms with E-state index in [1.807, 2.05) is 37.3 Å². The topological polar surface area (TPSA) is 60.2 Å². The van der Waals surface area contributed by atoms with Gasteiger partial charge in [0, 0.05) is 5.56 Å². The van der Waals surface area contributed by atoms with Crippen molar-refractivity contribution in [1.82, 2.24) is 0 Å². The summed E-state index contributed by atoms with van der Waals surface area (Å²) in [5.74, 6) is 0. The molecule has 0 radical (unpaired) electrons. The van der Waals surface area contributed by atoms with Crippen LogP contribution in [-0.4, -0.2) is 10.2 Å². The maximum atomic E-state index is 11.3. The predicted octanol–water partition coefficient (Wildman–Crippen LogP) is 4.20. The van der Waals surface area contributed by atoms with Gasteiger partial charge in [0.1, 0.15) is 5.56 Å². The summed E-state index contributed by atoms with van der Waals surface area (Å²) < 4.78 is 0. The van der Waals surface area contributed by atoms with Crippen molar-refractivity contribution in [3.63, 3.8) is 0 Å². The van der Waals surface area contributed by atoms with Crippen molar-refractivity contribution in [1.29, 1.82) is 0 Å². The predicted molar refractivity (Wildman–Crippen MR) is 78.1 cm³/mol. The van der Waals surface area contributed by atoms with E-state index >= 15 is 0 Å². The maximum absolute atomic E-state index is 11.3. The Morgan fingerprint density at radius 3 is 2.35 bits per heavy atom. The lowest BCUT2D eigenvalue weighted by Crippen LogP contribution is -2.04. The minimum absolute atomic E-state index is 0.0619. The second-order valence-electron chi connectivity index (χ2n) is 4.24. The van der Waals surface area contributed by atoms with Crippen molar-refractivity contribution in [2.24, 2.45) is 0 Å². The molecule has 5 heteroatoms. The molecule has 4 nitrogen and oxygen atoms in total. The summed E-state index contributed by atoms with van der Waals surface area (Å²) in [6, 6.07) is 12.5. The average Bonchev–Trinajstić information content (AvgIpc) is 2.46. The zero-order chi connectivity index (χ0) is 14.7. The fourth-order valence-electron chi connectivity index (χ4n) is 2.25. The van der Waals surface area contributed by atoms with Crippen LogP contribution in [0.15, 0.2) is 42.5 Å². The molecule has 0 heterocycles. The Balaban J connectivity index is 2.76. The van der Waals surface area contributed by atoms with Gasteiger partial charge in [-0.1, -0.05) is 43.3 Å². The number of hydrogen-bond donors (Lipinski definition) is 0. The molecule has 0 aliphatic carbocycles. The van der Waals surface area contributed by atoms with Crippen LogP contribution >= 0.6 is 11.6 Å². The first kappa shape index (κ1) is 14.2. The zero-order valence-corrected chi connectivity index (χ0v) is 11.6. The van der Waals surface area contributed by atoms with Crippen molar-refractivity contribution < 1.29 is 9.72 Å². The number of carbonyl (C=O) groups excluding carboxylic acids is 1. The summed E-state index contributed by atoms with van der Waals surface area (Å²) >= 11 is 5.44. The molecule has 2 aromatic rings. The van der Waals surface area contributed by atoms with Crippen LogP contribution in [0.5, 0.6) is 0 Å². The van der Waals surface area contributed by atoms with Crippen molar-refractivity contribution in [2.75, 3.05) is 0 Å². The van der Waals surface area contributed by atoms with Gasteiger partial charge in [-0.2, -0.15) is 0 Å². The third-order valence-corrected chi connectivity index (χ3v) is 3.32. The van der Waals surface area contributed by atoms with E-state index in [-0.39, 0.29) is 11.3 Å². The number of carbonyl (C=O) groups is 1. The van der Waals surface area contributed by atoms with Crippen molar-refractivity contribution in [3.8, 4) is 11.1 Å². The number of hydrogen-bond acceptors (Lipinski definition) is 3. The smallest absolute Gasteiger partial charge is 0.275 e. The summed E-state index contributed by atoms with van der Waals surface area (Å²) in [6.45, 7) is 1.82. The third kappa shape index (κ3) is 2.56. The number of benzene rings is 2. The van der Waals surface area contributed by atoms with Gasteiger partial charge in [0.2, 0.25) is 0 Å². The molecule has 0 saturated heterocycles. The molecular weight excluding hydrogens is 278 g/mol. The van der Waals surface area contributed by atoms with Crippen molar-refractivity contribution in [3.05, 3.63) is 63.7 Å². The molecule has 0 aliphatic rings. The van der Waals surface area contributed by atoms with Crippen molar-refractivity contribution in [2.45, 2.75) is 13.3 Å². The first-order chi connectivity index (χ1) is 9.56. The Kier molecular flexibility index (Phi) is 4.15. The molecule has 2 rings (SSSR count). The lowest BCUT2D eigenvalue weighted by atomic mass is 9.94. The molecule has 0 unspecified atom stereocenters. The molecule has 0 spiro atoms. The lowest BCUT2D eigenvalue weighted by Gasteiger charge is -2.10. The van der Waals surface area contributed by atoms with Gasteiger partial charge in [-0.3, -0.25) is 14.9 Å². The monoisotopic (exact) mass is 289 g/mol. The Hall–Kier alpha value is -2.20. The highest BCUT2D eigenvalue weighted by atomic mass is 35.5. The van der Waals surface area contributed by atoms with Crippen LogP contribution in [0, 0.1) is 10.1 Å². The van der Waals surface area contributed by atoms with Gasteiger partial charge in [-0.25, -0.2) is 0 Å². The van der Waals surface area contributed by atoms with Gasteiger partial charge in [-0.05, 0) is 35.2 Å². The van der Waals surface area contributed by atoms with Crippen molar-refractivity contribution >= 4 is 22.5 Å². The second-order valence-corrected chi connectivity index (χ2v) is 4.58. The largest absolute Gasteiger partial charge is 0.285 e. The Morgan fingerprint density at radius 2 is 1.85 bits per heavy atom. The first-order valence-corrected chi connectivity index (χ1v) is 6.49. The van der Waals surface area contributed by atoms with E-state index in [0.29, 0.717) is 12.0 Å². The van der Waals surface area contributed by atoms with Crippen LogP contribution in [-0.2, 0) is 6.42 Å². The summed E-state index contributed by atoms with van der Waals surface area (Å²) in [5, 5.41) is 10.5. The summed E-state index contributed by atoms with van der Waals surface area (Å²) in [7, 11) is 0. The van der Waals surface area contributed by atoms with Crippen LogP contribution in [0.1, 0.15) is 22.8 Å². The quantitative estimate of drug-likeness (QED) is 0.481. The average molecular weight is 290 g/mol. The van der Waals surface area contributed by atoms with E-state index in [9.17, 15) is 14.9 Å². The highest BCUT2D eigenvalue weighted by Gasteiger charge is 2.25. The number of halogens is 1. The molecule has 0 aromatic heterocycles. The van der Waals surface area contributed by atoms with E-state index in [1.165, 1.54) is 6.07 Å². The van der Waals surface area contributed by atoms with Crippen LogP contribution in [0.4, 0.5) is 5.69 Å². The first-order valence-electron chi connectivity index (χ1n) is 6.11. The summed E-state index contributed by atoms with van der Waals surface area (Å²) in [6.07, 6.45) is 0.443. The molecule has 0 aliphatic heterocycles. The zero-order valence-electron chi connectivity index (χ0n) is 10.8. The van der Waals surface area contributed by atoms with Gasteiger partial charge < -0.3 is 0 Å². The number of rotatable bonds is 4. The van der Waals surface area contributed by atoms with Gasteiger partial charge >= 0.3 is 0 Å². The molecule has 102 valence electrons. The molecule has 0 N–H and O–H groups in total. The standard InChI is InChI=1S/C15H12ClNO3/c1-2-11-12(10-6-4-3-5-7-10)8-9-13(15(16)18)14(11)17(19)20/h3-9H,2H2,1H3. The third-order valence-electron chi connectivity index (χ3n) is 3.12. The molecule has 2 aromatic carbocycles. The van der Waals surface area contributed by atoms with Gasteiger partial charge in [-0.15, -0.1) is 0 Å². The Labute approximate surface area is 121 Å². The SMILES string of the molecule is CCc1c(-c2ccccc2)ccc(C(=O)Cl)c1[N+](=O)[O-]. The van der Waals surface area contributed by atoms with E-state index in [0.717, 1.165) is 11.1 Å². The van der Waals surface area contributed by atoms with Gasteiger partial charge in [0.25, 0.3) is 10.9 Å². The van der Waals surface area contributed by atoms with E-state index in [4.69, 9.17) is 11.6 Å². The van der Waals surface area contributed by atoms with Gasteiger partial charge in [0.05, 0.1) is 4.92 Å². The molecule has 0 amide bonds. The van der Waals surface area contributed by atoms with E-state index in [2.05, 4.69) is 0 Å². The maximum Gasteiger partial charge on any atom is 0.285 e. The molecule has 20 heavy (non-hydrogen) atoms. The normalized spacial score (nSPS) is 10.3. The number of nitro benzene ring substituents is 1. The fraction of sp³-hybridized carbons (Fsp3) is 0.133. The minimum atomic E-state index is -0.814. The Morgan fingerprint density at radius 1 is 1.20 bits per heavy atom. The van der Waals surface area contributed by atoms with E-state index in [1.54, 1.807) is 6.07 Å². The molecule has 0 fully saturated rings. The van der Waals surface area contributed by atoms with Crippen LogP contribution < -0.4 is 0 Å². The van der Waals surface area contributed by atoms with Crippen LogP contribution in [0.3, 0.4) is 0 Å². The lowest BCUT2D eigenvalue weighted by molar-refractivity contribution is -0.385. The molecule has 0 saturated carbocycles. The Bertz CT molecular complexity index is 668. The highest BCUT2D eigenvalue weighted by Crippen LogP contribution is 2.34. The number of nitro groups is 1. The fourth-order valence-corrected chi connectivity index (χ4v) is 2.40. The van der Waals surface area contributed by atoms with Crippen LogP contribution in [0.25, 0.3) is 11.1 Å². The summed E-state index contributed by atoms with van der Waals surface area (Å²) in [5.41, 5.74) is 1.89. The summed E-state index contributed by atoms with van der Waals surface area (Å²) in [4.78, 5) is 22.1. The minimum Gasteiger partial charge on any atom is -0.275 e. The van der Waals surface area contributed by atoms with Crippen LogP contribution in [0.2, 0.25) is 0 Å². The molecular formula is C15H12ClNO3. The van der Waals surface area contributed by atoms with Gasteiger partial charge in [0.15, 0.2) is 0 Å². The second kappa shape index (κ2) is 5.84. The van der Waals surface area contributed by atoms with E-state index < -0.39 is 10.2 Å².